The first-order valence-corrected chi connectivity index (χ1v) is 13.5. The fraction of sp³-hybridized carbons (Fsp3) is 0.667. The Morgan fingerprint density at radius 2 is 1.70 bits per heavy atom. The fourth-order valence-corrected chi connectivity index (χ4v) is 5.86. The predicted molar refractivity (Wildman–Crippen MR) is 124 cm³/mol. The summed E-state index contributed by atoms with van der Waals surface area (Å²) in [5, 5.41) is 2.97. The summed E-state index contributed by atoms with van der Waals surface area (Å²) in [6.07, 6.45) is 8.22. The van der Waals surface area contributed by atoms with Crippen LogP contribution in [0.5, 0.6) is 0 Å². The molecule has 1 heterocycles. The van der Waals surface area contributed by atoms with Crippen molar-refractivity contribution in [1.82, 2.24) is 9.62 Å². The van der Waals surface area contributed by atoms with Gasteiger partial charge in [0, 0.05) is 32.2 Å². The molecule has 1 aliphatic carbocycles. The van der Waals surface area contributed by atoms with Crippen LogP contribution in [0, 0.1) is 5.92 Å². The van der Waals surface area contributed by atoms with E-state index in [4.69, 9.17) is 9.47 Å². The van der Waals surface area contributed by atoms with Crippen LogP contribution in [0.15, 0.2) is 29.2 Å². The van der Waals surface area contributed by atoms with E-state index >= 15 is 0 Å². The molecule has 0 radical (unpaired) electrons. The number of benzene rings is 1. The summed E-state index contributed by atoms with van der Waals surface area (Å²) in [6.45, 7) is 3.81. The van der Waals surface area contributed by atoms with Gasteiger partial charge in [0.25, 0.3) is 0 Å². The molecule has 0 aromatic heterocycles. The zero-order chi connectivity index (χ0) is 23.7. The van der Waals surface area contributed by atoms with Crippen molar-refractivity contribution in [3.63, 3.8) is 0 Å². The number of carbonyl (C=O) groups is 2. The molecule has 0 unspecified atom stereocenters. The number of nitrogens with one attached hydrogen (secondary N) is 1. The van der Waals surface area contributed by atoms with Gasteiger partial charge in [-0.15, -0.1) is 0 Å². The van der Waals surface area contributed by atoms with Gasteiger partial charge in [0.2, 0.25) is 15.9 Å². The van der Waals surface area contributed by atoms with E-state index in [0.717, 1.165) is 19.3 Å². The Morgan fingerprint density at radius 1 is 1.03 bits per heavy atom. The van der Waals surface area contributed by atoms with Crippen molar-refractivity contribution < 1.29 is 27.5 Å². The summed E-state index contributed by atoms with van der Waals surface area (Å²) in [4.78, 5) is 24.4. The van der Waals surface area contributed by atoms with Crippen molar-refractivity contribution >= 4 is 21.9 Å². The average Bonchev–Trinajstić information content (AvgIpc) is 2.84. The van der Waals surface area contributed by atoms with Crippen molar-refractivity contribution in [3.8, 4) is 0 Å². The van der Waals surface area contributed by atoms with Crippen LogP contribution >= 0.6 is 0 Å². The summed E-state index contributed by atoms with van der Waals surface area (Å²) in [5.74, 6) is -0.667. The first-order valence-electron chi connectivity index (χ1n) is 12.1. The quantitative estimate of drug-likeness (QED) is 0.408. The minimum absolute atomic E-state index is 0.0106. The highest BCUT2D eigenvalue weighted by Gasteiger charge is 2.32. The maximum Gasteiger partial charge on any atom is 0.338 e. The lowest BCUT2D eigenvalue weighted by atomic mass is 9.97. The average molecular weight is 481 g/mol. The van der Waals surface area contributed by atoms with Crippen LogP contribution in [0.1, 0.15) is 68.6 Å². The summed E-state index contributed by atoms with van der Waals surface area (Å²) in [5.41, 5.74) is 0.315. The lowest BCUT2D eigenvalue weighted by Crippen LogP contribution is -2.43. The van der Waals surface area contributed by atoms with Gasteiger partial charge in [-0.2, -0.15) is 4.31 Å². The molecule has 1 aromatic carbocycles. The van der Waals surface area contributed by atoms with E-state index in [9.17, 15) is 18.0 Å². The second kappa shape index (κ2) is 12.5. The summed E-state index contributed by atoms with van der Waals surface area (Å²) in [7, 11) is -3.67. The van der Waals surface area contributed by atoms with Gasteiger partial charge in [0.15, 0.2) is 0 Å². The molecular weight excluding hydrogens is 444 g/mol. The first-order chi connectivity index (χ1) is 15.9. The van der Waals surface area contributed by atoms with Gasteiger partial charge in [-0.05, 0) is 63.3 Å². The molecule has 184 valence electrons. The van der Waals surface area contributed by atoms with Gasteiger partial charge >= 0.3 is 5.97 Å². The summed E-state index contributed by atoms with van der Waals surface area (Å²) in [6, 6.07) is 5.78. The van der Waals surface area contributed by atoms with Crippen molar-refractivity contribution in [3.05, 3.63) is 29.8 Å². The number of rotatable bonds is 10. The van der Waals surface area contributed by atoms with Gasteiger partial charge < -0.3 is 14.8 Å². The number of carbonyl (C=O) groups excluding carboxylic acids is 2. The molecular formula is C24H36N2O6S. The molecule has 1 aliphatic heterocycles. The second-order valence-corrected chi connectivity index (χ2v) is 10.6. The largest absolute Gasteiger partial charge is 0.462 e. The van der Waals surface area contributed by atoms with E-state index < -0.39 is 16.0 Å². The predicted octanol–water partition coefficient (Wildman–Crippen LogP) is 3.12. The molecule has 3 rings (SSSR count). The second-order valence-electron chi connectivity index (χ2n) is 8.70. The number of amides is 1. The zero-order valence-electron chi connectivity index (χ0n) is 19.5. The Morgan fingerprint density at radius 3 is 2.33 bits per heavy atom. The monoisotopic (exact) mass is 480 g/mol. The highest BCUT2D eigenvalue weighted by atomic mass is 32.2. The van der Waals surface area contributed by atoms with Crippen LogP contribution in [0.2, 0.25) is 0 Å². The summed E-state index contributed by atoms with van der Waals surface area (Å²) >= 11 is 0. The van der Waals surface area contributed by atoms with Crippen LogP contribution in [-0.2, 0) is 24.3 Å². The summed E-state index contributed by atoms with van der Waals surface area (Å²) < 4.78 is 38.1. The third kappa shape index (κ3) is 7.25. The van der Waals surface area contributed by atoms with Crippen LogP contribution < -0.4 is 5.32 Å². The normalized spacial score (nSPS) is 18.7. The Hall–Kier alpha value is -1.97. The maximum atomic E-state index is 12.9. The van der Waals surface area contributed by atoms with Gasteiger partial charge in [-0.25, -0.2) is 13.2 Å². The molecule has 2 aliphatic rings. The minimum Gasteiger partial charge on any atom is -0.462 e. The third-order valence-corrected chi connectivity index (χ3v) is 8.27. The molecule has 9 heteroatoms. The van der Waals surface area contributed by atoms with Crippen molar-refractivity contribution in [2.75, 3.05) is 32.8 Å². The van der Waals surface area contributed by atoms with Crippen LogP contribution in [0.4, 0.5) is 0 Å². The highest BCUT2D eigenvalue weighted by Crippen LogP contribution is 2.24. The van der Waals surface area contributed by atoms with Gasteiger partial charge in [-0.1, -0.05) is 19.3 Å². The fourth-order valence-electron chi connectivity index (χ4n) is 4.39. The number of piperidine rings is 1. The molecule has 0 spiro atoms. The Labute approximate surface area is 197 Å². The highest BCUT2D eigenvalue weighted by molar-refractivity contribution is 7.89. The molecule has 1 N–H and O–H groups in total. The molecule has 1 saturated heterocycles. The smallest absolute Gasteiger partial charge is 0.338 e. The Balaban J connectivity index is 1.40. The maximum absolute atomic E-state index is 12.9. The molecule has 1 saturated carbocycles. The van der Waals surface area contributed by atoms with Crippen LogP contribution in [-0.4, -0.2) is 63.6 Å². The van der Waals surface area contributed by atoms with E-state index in [1.807, 2.05) is 0 Å². The lowest BCUT2D eigenvalue weighted by molar-refractivity contribution is -0.126. The molecule has 2 fully saturated rings. The number of sulfonamides is 1. The first kappa shape index (κ1) is 25.6. The molecule has 1 amide bonds. The number of nitrogens with zero attached hydrogens (tertiary/aromatic N) is 1. The molecule has 8 nitrogen and oxygen atoms in total. The van der Waals surface area contributed by atoms with Gasteiger partial charge in [0.05, 0.1) is 23.2 Å². The van der Waals surface area contributed by atoms with E-state index in [1.54, 1.807) is 6.92 Å². The van der Waals surface area contributed by atoms with E-state index in [2.05, 4.69) is 5.32 Å². The van der Waals surface area contributed by atoms with Gasteiger partial charge in [0.1, 0.15) is 0 Å². The molecule has 0 atom stereocenters. The lowest BCUT2D eigenvalue weighted by Gasteiger charge is -2.30. The Bertz CT molecular complexity index is 873. The third-order valence-electron chi connectivity index (χ3n) is 6.35. The van der Waals surface area contributed by atoms with Crippen LogP contribution in [0.3, 0.4) is 0 Å². The van der Waals surface area contributed by atoms with Crippen molar-refractivity contribution in [2.24, 2.45) is 5.92 Å². The zero-order valence-corrected chi connectivity index (χ0v) is 20.3. The molecule has 0 bridgehead atoms. The number of ether oxygens (including phenoxy) is 2. The standard InChI is InChI=1S/C24H36N2O6S/c1-2-31-24(28)20-9-11-22(12-10-20)33(29,30)26-16-13-19(14-17-26)23(27)25-15-6-18-32-21-7-4-3-5-8-21/h9-12,19,21H,2-8,13-18H2,1H3,(H,25,27). The number of hydrogen-bond donors (Lipinski definition) is 1. The Kier molecular flexibility index (Phi) is 9.70. The minimum atomic E-state index is -3.67. The van der Waals surface area contributed by atoms with Crippen molar-refractivity contribution in [2.45, 2.75) is 69.3 Å². The number of hydrogen-bond acceptors (Lipinski definition) is 6. The van der Waals surface area contributed by atoms with E-state index in [0.29, 0.717) is 50.8 Å². The van der Waals surface area contributed by atoms with Crippen molar-refractivity contribution in [1.29, 1.82) is 0 Å². The van der Waals surface area contributed by atoms with E-state index in [1.165, 1.54) is 47.8 Å². The van der Waals surface area contributed by atoms with Gasteiger partial charge in [-0.3, -0.25) is 4.79 Å². The number of esters is 1. The molecule has 1 aromatic rings. The van der Waals surface area contributed by atoms with Crippen LogP contribution in [0.25, 0.3) is 0 Å². The topological polar surface area (TPSA) is 102 Å². The SMILES string of the molecule is CCOC(=O)c1ccc(S(=O)(=O)N2CCC(C(=O)NCCCOC3CCCCC3)CC2)cc1. The molecule has 33 heavy (non-hydrogen) atoms. The van der Waals surface area contributed by atoms with E-state index in [-0.39, 0.29) is 23.3 Å².